The molecule has 0 unspecified atom stereocenters. The van der Waals surface area contributed by atoms with Gasteiger partial charge in [0.05, 0.1) is 6.42 Å². The minimum absolute atomic E-state index is 0.0216. The average molecular weight is 456 g/mol. The summed E-state index contributed by atoms with van der Waals surface area (Å²) in [6.45, 7) is 1.99. The molecule has 0 saturated carbocycles. The van der Waals surface area contributed by atoms with Gasteiger partial charge in [-0.05, 0) is 47.5 Å². The Morgan fingerprint density at radius 1 is 0.824 bits per heavy atom. The lowest BCUT2D eigenvalue weighted by Crippen LogP contribution is -2.23. The van der Waals surface area contributed by atoms with E-state index in [4.69, 9.17) is 4.42 Å². The van der Waals surface area contributed by atoms with Crippen molar-refractivity contribution in [2.75, 3.05) is 17.7 Å². The van der Waals surface area contributed by atoms with Crippen LogP contribution in [0.5, 0.6) is 0 Å². The lowest BCUT2D eigenvalue weighted by atomic mass is 10.1. The number of anilines is 2. The van der Waals surface area contributed by atoms with Crippen molar-refractivity contribution in [3.8, 4) is 0 Å². The first-order valence-electron chi connectivity index (χ1n) is 10.9. The van der Waals surface area contributed by atoms with Crippen LogP contribution in [-0.2, 0) is 22.6 Å². The molecule has 2 N–H and O–H groups in total. The van der Waals surface area contributed by atoms with E-state index in [9.17, 15) is 14.4 Å². The number of carbonyl (C=O) groups is 3. The predicted molar refractivity (Wildman–Crippen MR) is 132 cm³/mol. The average Bonchev–Trinajstić information content (AvgIpc) is 3.25. The largest absolute Gasteiger partial charge is 0.451 e. The second-order valence-corrected chi connectivity index (χ2v) is 8.10. The molecule has 7 nitrogen and oxygen atoms in total. The third-order valence-electron chi connectivity index (χ3n) is 5.39. The Bertz CT molecular complexity index is 1310. The number of para-hydroxylation sites is 1. The highest BCUT2D eigenvalue weighted by Gasteiger charge is 2.13. The molecule has 0 aliphatic carbocycles. The molecule has 0 radical (unpaired) electrons. The molecule has 3 aromatic carbocycles. The molecule has 0 saturated heterocycles. The van der Waals surface area contributed by atoms with Gasteiger partial charge in [-0.3, -0.25) is 14.4 Å². The van der Waals surface area contributed by atoms with Crippen molar-refractivity contribution in [2.24, 2.45) is 0 Å². The molecule has 172 valence electrons. The first kappa shape index (κ1) is 22.8. The molecule has 34 heavy (non-hydrogen) atoms. The number of carbonyl (C=O) groups excluding carboxylic acids is 3. The van der Waals surface area contributed by atoms with Gasteiger partial charge in [-0.15, -0.1) is 0 Å². The first-order valence-corrected chi connectivity index (χ1v) is 10.9. The summed E-state index contributed by atoms with van der Waals surface area (Å²) in [7, 11) is 1.73. The molecule has 1 heterocycles. The van der Waals surface area contributed by atoms with E-state index >= 15 is 0 Å². The Labute approximate surface area is 197 Å². The first-order chi connectivity index (χ1) is 16.4. The highest BCUT2D eigenvalue weighted by molar-refractivity contribution is 6.04. The van der Waals surface area contributed by atoms with Crippen LogP contribution in [0, 0.1) is 0 Å². The Morgan fingerprint density at radius 3 is 2.32 bits per heavy atom. The van der Waals surface area contributed by atoms with Gasteiger partial charge in [0.15, 0.2) is 5.76 Å². The van der Waals surface area contributed by atoms with Crippen LogP contribution in [0.25, 0.3) is 11.0 Å². The summed E-state index contributed by atoms with van der Waals surface area (Å²) in [6, 6.07) is 23.7. The van der Waals surface area contributed by atoms with Crippen LogP contribution < -0.4 is 10.6 Å². The van der Waals surface area contributed by atoms with Crippen LogP contribution in [0.3, 0.4) is 0 Å². The fourth-order valence-corrected chi connectivity index (χ4v) is 3.52. The highest BCUT2D eigenvalue weighted by Crippen LogP contribution is 2.20. The molecule has 0 bridgehead atoms. The van der Waals surface area contributed by atoms with E-state index in [0.717, 1.165) is 16.5 Å². The Hall–Kier alpha value is -4.39. The van der Waals surface area contributed by atoms with Crippen molar-refractivity contribution < 1.29 is 18.8 Å². The van der Waals surface area contributed by atoms with Crippen LogP contribution in [0.2, 0.25) is 0 Å². The molecule has 4 rings (SSSR count). The summed E-state index contributed by atoms with van der Waals surface area (Å²) in [4.78, 5) is 38.0. The van der Waals surface area contributed by atoms with Gasteiger partial charge in [-0.1, -0.05) is 42.5 Å². The van der Waals surface area contributed by atoms with E-state index in [1.807, 2.05) is 48.5 Å². The van der Waals surface area contributed by atoms with E-state index < -0.39 is 0 Å². The standard InChI is InChI=1S/C27H25N3O4/c1-18(31)30(2)17-20-6-5-8-23(14-20)28-26(32)15-19-10-12-22(13-11-19)29-27(33)25-16-21-7-3-4-9-24(21)34-25/h3-14,16H,15,17H2,1-2H3,(H,28,32)(H,29,33). The van der Waals surface area contributed by atoms with Gasteiger partial charge in [-0.2, -0.15) is 0 Å². The summed E-state index contributed by atoms with van der Waals surface area (Å²) in [5.41, 5.74) is 3.68. The van der Waals surface area contributed by atoms with E-state index in [0.29, 0.717) is 23.5 Å². The molecule has 0 aliphatic rings. The van der Waals surface area contributed by atoms with Gasteiger partial charge in [0, 0.05) is 37.3 Å². The van der Waals surface area contributed by atoms with Gasteiger partial charge >= 0.3 is 0 Å². The second kappa shape index (κ2) is 10.0. The topological polar surface area (TPSA) is 91.7 Å². The zero-order valence-electron chi connectivity index (χ0n) is 19.0. The minimum atomic E-state index is -0.336. The molecule has 7 heteroatoms. The van der Waals surface area contributed by atoms with Crippen molar-refractivity contribution >= 4 is 40.1 Å². The van der Waals surface area contributed by atoms with Crippen LogP contribution >= 0.6 is 0 Å². The monoisotopic (exact) mass is 455 g/mol. The maximum atomic E-state index is 12.5. The van der Waals surface area contributed by atoms with E-state index in [-0.39, 0.29) is 29.9 Å². The van der Waals surface area contributed by atoms with Crippen molar-refractivity contribution in [3.05, 3.63) is 95.7 Å². The number of hydrogen-bond acceptors (Lipinski definition) is 4. The van der Waals surface area contributed by atoms with Crippen LogP contribution in [0.4, 0.5) is 11.4 Å². The van der Waals surface area contributed by atoms with Crippen molar-refractivity contribution in [1.82, 2.24) is 4.90 Å². The Kier molecular flexibility index (Phi) is 6.73. The molecule has 0 fully saturated rings. The zero-order chi connectivity index (χ0) is 24.1. The summed E-state index contributed by atoms with van der Waals surface area (Å²) in [6.07, 6.45) is 0.190. The maximum Gasteiger partial charge on any atom is 0.291 e. The Balaban J connectivity index is 1.33. The number of amides is 3. The summed E-state index contributed by atoms with van der Waals surface area (Å²) >= 11 is 0. The van der Waals surface area contributed by atoms with E-state index in [2.05, 4.69) is 10.6 Å². The molecular weight excluding hydrogens is 430 g/mol. The highest BCUT2D eigenvalue weighted by atomic mass is 16.3. The number of nitrogens with zero attached hydrogens (tertiary/aromatic N) is 1. The van der Waals surface area contributed by atoms with Crippen LogP contribution in [0.1, 0.15) is 28.6 Å². The van der Waals surface area contributed by atoms with Gasteiger partial charge in [0.25, 0.3) is 5.91 Å². The third kappa shape index (κ3) is 5.69. The lowest BCUT2D eigenvalue weighted by Gasteiger charge is -2.15. The number of fused-ring (bicyclic) bond motifs is 1. The van der Waals surface area contributed by atoms with Gasteiger partial charge in [0.1, 0.15) is 5.58 Å². The summed E-state index contributed by atoms with van der Waals surface area (Å²) in [5.74, 6) is -0.277. The predicted octanol–water partition coefficient (Wildman–Crippen LogP) is 4.84. The number of nitrogens with one attached hydrogen (secondary N) is 2. The Morgan fingerprint density at radius 2 is 1.59 bits per heavy atom. The molecule has 3 amide bonds. The van der Waals surface area contributed by atoms with Crippen molar-refractivity contribution in [2.45, 2.75) is 19.9 Å². The molecule has 0 spiro atoms. The smallest absolute Gasteiger partial charge is 0.291 e. The van der Waals surface area contributed by atoms with Crippen molar-refractivity contribution in [1.29, 1.82) is 0 Å². The molecule has 0 atom stereocenters. The number of rotatable bonds is 7. The third-order valence-corrected chi connectivity index (χ3v) is 5.39. The second-order valence-electron chi connectivity index (χ2n) is 8.10. The van der Waals surface area contributed by atoms with E-state index in [1.165, 1.54) is 6.92 Å². The zero-order valence-corrected chi connectivity index (χ0v) is 19.0. The van der Waals surface area contributed by atoms with Crippen LogP contribution in [0.15, 0.2) is 83.3 Å². The summed E-state index contributed by atoms with van der Waals surface area (Å²) < 4.78 is 5.59. The fraction of sp³-hybridized carbons (Fsp3) is 0.148. The van der Waals surface area contributed by atoms with Crippen LogP contribution in [-0.4, -0.2) is 29.7 Å². The fourth-order valence-electron chi connectivity index (χ4n) is 3.52. The molecule has 0 aliphatic heterocycles. The minimum Gasteiger partial charge on any atom is -0.451 e. The van der Waals surface area contributed by atoms with Gasteiger partial charge in [0.2, 0.25) is 11.8 Å². The molecular formula is C27H25N3O4. The maximum absolute atomic E-state index is 12.5. The van der Waals surface area contributed by atoms with Gasteiger partial charge in [-0.25, -0.2) is 0 Å². The lowest BCUT2D eigenvalue weighted by molar-refractivity contribution is -0.128. The number of furan rings is 1. The van der Waals surface area contributed by atoms with Crippen molar-refractivity contribution in [3.63, 3.8) is 0 Å². The summed E-state index contributed by atoms with van der Waals surface area (Å²) in [5, 5.41) is 6.56. The SMILES string of the molecule is CC(=O)N(C)Cc1cccc(NC(=O)Cc2ccc(NC(=O)c3cc4ccccc4o3)cc2)c1. The van der Waals surface area contributed by atoms with E-state index in [1.54, 1.807) is 42.3 Å². The number of hydrogen-bond donors (Lipinski definition) is 2. The van der Waals surface area contributed by atoms with Gasteiger partial charge < -0.3 is 20.0 Å². The normalized spacial score (nSPS) is 10.6. The quantitative estimate of drug-likeness (QED) is 0.417. The molecule has 1 aromatic heterocycles. The molecule has 4 aromatic rings. The number of benzene rings is 3.